The summed E-state index contributed by atoms with van der Waals surface area (Å²) >= 11 is 0. The minimum atomic E-state index is -0.0693. The Kier molecular flexibility index (Phi) is 5.59. The molecule has 1 unspecified atom stereocenters. The molecule has 0 aromatic carbocycles. The van der Waals surface area contributed by atoms with Crippen molar-refractivity contribution in [1.82, 2.24) is 19.7 Å². The lowest BCUT2D eigenvalue weighted by molar-refractivity contribution is -0.135. The Balaban J connectivity index is 2.10. The van der Waals surface area contributed by atoms with Gasteiger partial charge in [-0.3, -0.25) is 14.5 Å². The Morgan fingerprint density at radius 3 is 2.58 bits per heavy atom. The summed E-state index contributed by atoms with van der Waals surface area (Å²) in [6.07, 6.45) is 3.55. The van der Waals surface area contributed by atoms with Gasteiger partial charge in [-0.05, 0) is 31.4 Å². The van der Waals surface area contributed by atoms with Crippen LogP contribution in [0.1, 0.15) is 36.8 Å². The van der Waals surface area contributed by atoms with Crippen molar-refractivity contribution in [2.75, 3.05) is 13.7 Å². The lowest BCUT2D eigenvalue weighted by Gasteiger charge is -2.31. The predicted molar refractivity (Wildman–Crippen MR) is 92.8 cm³/mol. The SMILES string of the molecule is Cc1nn(C)c(C)c1OCC(=O)N(C)C(c1cccnc1)C(C)C. The first kappa shape index (κ1) is 18.0. The van der Waals surface area contributed by atoms with Crippen LogP contribution in [0.3, 0.4) is 0 Å². The Morgan fingerprint density at radius 1 is 1.38 bits per heavy atom. The molecule has 2 rings (SSSR count). The predicted octanol–water partition coefficient (Wildman–Crippen LogP) is 2.67. The fourth-order valence-electron chi connectivity index (χ4n) is 2.96. The number of carbonyl (C=O) groups is 1. The third-order valence-electron chi connectivity index (χ3n) is 4.25. The van der Waals surface area contributed by atoms with Gasteiger partial charge in [0.1, 0.15) is 5.69 Å². The maximum Gasteiger partial charge on any atom is 0.260 e. The quantitative estimate of drug-likeness (QED) is 0.817. The largest absolute Gasteiger partial charge is 0.480 e. The number of rotatable bonds is 6. The molecule has 0 N–H and O–H groups in total. The Hall–Kier alpha value is -2.37. The molecule has 0 fully saturated rings. The van der Waals surface area contributed by atoms with Crippen molar-refractivity contribution < 1.29 is 9.53 Å². The van der Waals surface area contributed by atoms with E-state index in [4.69, 9.17) is 4.74 Å². The smallest absolute Gasteiger partial charge is 0.260 e. The first-order valence-corrected chi connectivity index (χ1v) is 8.11. The number of nitrogens with zero attached hydrogens (tertiary/aromatic N) is 4. The number of aryl methyl sites for hydroxylation is 2. The molecule has 2 aromatic rings. The molecule has 0 aliphatic carbocycles. The zero-order valence-electron chi connectivity index (χ0n) is 15.3. The van der Waals surface area contributed by atoms with Crippen LogP contribution in [0.25, 0.3) is 0 Å². The molecule has 130 valence electrons. The molecule has 0 aliphatic rings. The van der Waals surface area contributed by atoms with Crippen LogP contribution in [-0.2, 0) is 11.8 Å². The zero-order chi connectivity index (χ0) is 17.9. The van der Waals surface area contributed by atoms with Crippen LogP contribution in [0, 0.1) is 19.8 Å². The lowest BCUT2D eigenvalue weighted by Crippen LogP contribution is -2.37. The third kappa shape index (κ3) is 3.75. The minimum Gasteiger partial charge on any atom is -0.480 e. The van der Waals surface area contributed by atoms with Gasteiger partial charge in [-0.2, -0.15) is 5.10 Å². The first-order chi connectivity index (χ1) is 11.3. The molecule has 1 atom stereocenters. The van der Waals surface area contributed by atoms with Crippen LogP contribution < -0.4 is 4.74 Å². The number of likely N-dealkylation sites (N-methyl/N-ethyl adjacent to an activating group) is 1. The molecule has 0 radical (unpaired) electrons. The third-order valence-corrected chi connectivity index (χ3v) is 4.25. The van der Waals surface area contributed by atoms with Gasteiger partial charge in [0.25, 0.3) is 5.91 Å². The van der Waals surface area contributed by atoms with Crippen molar-refractivity contribution in [1.29, 1.82) is 0 Å². The van der Waals surface area contributed by atoms with Crippen molar-refractivity contribution >= 4 is 5.91 Å². The highest BCUT2D eigenvalue weighted by Gasteiger charge is 2.25. The van der Waals surface area contributed by atoms with Crippen LogP contribution in [0.15, 0.2) is 24.5 Å². The number of hydrogen-bond acceptors (Lipinski definition) is 4. The molecule has 0 saturated carbocycles. The number of ether oxygens (including phenoxy) is 1. The van der Waals surface area contributed by atoms with E-state index in [0.29, 0.717) is 5.75 Å². The summed E-state index contributed by atoms with van der Waals surface area (Å²) in [5, 5.41) is 4.30. The van der Waals surface area contributed by atoms with Crippen LogP contribution in [0.2, 0.25) is 0 Å². The summed E-state index contributed by atoms with van der Waals surface area (Å²) in [6.45, 7) is 7.99. The number of aromatic nitrogens is 3. The number of amides is 1. The molecular formula is C18H26N4O2. The van der Waals surface area contributed by atoms with Crippen molar-refractivity contribution in [3.8, 4) is 5.75 Å². The summed E-state index contributed by atoms with van der Waals surface area (Å²) < 4.78 is 7.50. The van der Waals surface area contributed by atoms with E-state index in [1.807, 2.05) is 46.3 Å². The standard InChI is InChI=1S/C18H26N4O2/c1-12(2)17(15-8-7-9-19-10-15)21(5)16(23)11-24-18-13(3)20-22(6)14(18)4/h7-10,12,17H,11H2,1-6H3. The van der Waals surface area contributed by atoms with E-state index in [-0.39, 0.29) is 24.5 Å². The topological polar surface area (TPSA) is 60.3 Å². The van der Waals surface area contributed by atoms with Crippen molar-refractivity contribution in [2.24, 2.45) is 13.0 Å². The molecule has 0 spiro atoms. The number of pyridine rings is 1. The highest BCUT2D eigenvalue weighted by molar-refractivity contribution is 5.78. The van der Waals surface area contributed by atoms with E-state index < -0.39 is 0 Å². The lowest BCUT2D eigenvalue weighted by atomic mass is 9.96. The molecule has 0 bridgehead atoms. The summed E-state index contributed by atoms with van der Waals surface area (Å²) in [7, 11) is 3.67. The first-order valence-electron chi connectivity index (χ1n) is 8.11. The van der Waals surface area contributed by atoms with Gasteiger partial charge in [0, 0.05) is 26.5 Å². The van der Waals surface area contributed by atoms with Gasteiger partial charge in [-0.25, -0.2) is 0 Å². The van der Waals surface area contributed by atoms with E-state index in [9.17, 15) is 4.79 Å². The number of carbonyl (C=O) groups excluding carboxylic acids is 1. The molecule has 2 heterocycles. The summed E-state index contributed by atoms with van der Waals surface area (Å²) in [5.74, 6) is 0.881. The Morgan fingerprint density at radius 2 is 2.08 bits per heavy atom. The van der Waals surface area contributed by atoms with E-state index in [2.05, 4.69) is 23.9 Å². The molecular weight excluding hydrogens is 304 g/mol. The monoisotopic (exact) mass is 330 g/mol. The summed E-state index contributed by atoms with van der Waals surface area (Å²) in [6, 6.07) is 3.85. The van der Waals surface area contributed by atoms with Gasteiger partial charge < -0.3 is 9.64 Å². The Bertz CT molecular complexity index is 695. The highest BCUT2D eigenvalue weighted by Crippen LogP contribution is 2.27. The van der Waals surface area contributed by atoms with Crippen LogP contribution in [0.4, 0.5) is 0 Å². The second-order valence-electron chi connectivity index (χ2n) is 6.39. The van der Waals surface area contributed by atoms with Gasteiger partial charge in [-0.1, -0.05) is 19.9 Å². The van der Waals surface area contributed by atoms with Crippen molar-refractivity contribution in [3.05, 3.63) is 41.5 Å². The highest BCUT2D eigenvalue weighted by atomic mass is 16.5. The molecule has 24 heavy (non-hydrogen) atoms. The van der Waals surface area contributed by atoms with Gasteiger partial charge in [0.15, 0.2) is 12.4 Å². The summed E-state index contributed by atoms with van der Waals surface area (Å²) in [4.78, 5) is 18.5. The van der Waals surface area contributed by atoms with Gasteiger partial charge in [0.2, 0.25) is 0 Å². The van der Waals surface area contributed by atoms with E-state index in [0.717, 1.165) is 17.0 Å². The van der Waals surface area contributed by atoms with Gasteiger partial charge >= 0.3 is 0 Å². The molecule has 6 nitrogen and oxygen atoms in total. The molecule has 0 aliphatic heterocycles. The fraction of sp³-hybridized carbons (Fsp3) is 0.500. The minimum absolute atomic E-state index is 0.00659. The van der Waals surface area contributed by atoms with Crippen LogP contribution in [-0.4, -0.2) is 39.2 Å². The van der Waals surface area contributed by atoms with Crippen LogP contribution >= 0.6 is 0 Å². The van der Waals surface area contributed by atoms with Gasteiger partial charge in [-0.15, -0.1) is 0 Å². The van der Waals surface area contributed by atoms with E-state index in [1.54, 1.807) is 15.8 Å². The summed E-state index contributed by atoms with van der Waals surface area (Å²) in [5.41, 5.74) is 2.73. The molecule has 6 heteroatoms. The normalized spacial score (nSPS) is 12.3. The van der Waals surface area contributed by atoms with E-state index in [1.165, 1.54) is 0 Å². The van der Waals surface area contributed by atoms with E-state index >= 15 is 0 Å². The van der Waals surface area contributed by atoms with Crippen molar-refractivity contribution in [3.63, 3.8) is 0 Å². The molecule has 2 aromatic heterocycles. The number of hydrogen-bond donors (Lipinski definition) is 0. The zero-order valence-corrected chi connectivity index (χ0v) is 15.3. The maximum absolute atomic E-state index is 12.6. The fourth-order valence-corrected chi connectivity index (χ4v) is 2.96. The molecule has 1 amide bonds. The van der Waals surface area contributed by atoms with Crippen molar-refractivity contribution in [2.45, 2.75) is 33.7 Å². The maximum atomic E-state index is 12.6. The second kappa shape index (κ2) is 7.47. The Labute approximate surface area is 143 Å². The van der Waals surface area contributed by atoms with Crippen LogP contribution in [0.5, 0.6) is 5.75 Å². The average Bonchev–Trinajstić information content (AvgIpc) is 2.78. The average molecular weight is 330 g/mol. The second-order valence-corrected chi connectivity index (χ2v) is 6.39. The molecule has 0 saturated heterocycles. The van der Waals surface area contributed by atoms with Gasteiger partial charge in [0.05, 0.1) is 11.7 Å².